The molecule has 2 aliphatic heterocycles. The van der Waals surface area contributed by atoms with E-state index in [2.05, 4.69) is 16.7 Å². The summed E-state index contributed by atoms with van der Waals surface area (Å²) >= 11 is 0. The van der Waals surface area contributed by atoms with Gasteiger partial charge in [0, 0.05) is 25.2 Å². The Morgan fingerprint density at radius 2 is 2.06 bits per heavy atom. The van der Waals surface area contributed by atoms with E-state index in [1.165, 1.54) is 6.42 Å². The third-order valence-electron chi connectivity index (χ3n) is 3.96. The monoisotopic (exact) mass is 225 g/mol. The smallest absolute Gasteiger partial charge is 0.239 e. The van der Waals surface area contributed by atoms with E-state index in [9.17, 15) is 4.79 Å². The van der Waals surface area contributed by atoms with Gasteiger partial charge < -0.3 is 15.5 Å². The zero-order valence-corrected chi connectivity index (χ0v) is 10.4. The minimum absolute atomic E-state index is 0.144. The Labute approximate surface area is 97.8 Å². The molecule has 0 aliphatic carbocycles. The van der Waals surface area contributed by atoms with Crippen LogP contribution in [0.1, 0.15) is 33.1 Å². The van der Waals surface area contributed by atoms with E-state index in [0.29, 0.717) is 12.1 Å². The summed E-state index contributed by atoms with van der Waals surface area (Å²) in [5.74, 6) is 0.144. The molecule has 3 atom stereocenters. The average molecular weight is 225 g/mol. The second-order valence-electron chi connectivity index (χ2n) is 5.10. The Hall–Kier alpha value is -0.610. The Morgan fingerprint density at radius 1 is 1.38 bits per heavy atom. The summed E-state index contributed by atoms with van der Waals surface area (Å²) in [6.45, 7) is 7.23. The summed E-state index contributed by atoms with van der Waals surface area (Å²) in [6, 6.07) is 0.502. The van der Waals surface area contributed by atoms with Crippen molar-refractivity contribution in [3.8, 4) is 0 Å². The van der Waals surface area contributed by atoms with Crippen LogP contribution in [0, 0.1) is 0 Å². The molecule has 2 fully saturated rings. The summed E-state index contributed by atoms with van der Waals surface area (Å²) in [5, 5.41) is 0. The molecule has 2 aliphatic rings. The highest BCUT2D eigenvalue weighted by Crippen LogP contribution is 2.30. The molecule has 2 rings (SSSR count). The minimum Gasteiger partial charge on any atom is -0.334 e. The highest BCUT2D eigenvalue weighted by atomic mass is 16.2. The van der Waals surface area contributed by atoms with Crippen LogP contribution in [0.2, 0.25) is 0 Å². The summed E-state index contributed by atoms with van der Waals surface area (Å²) in [4.78, 5) is 16.6. The molecule has 2 heterocycles. The minimum atomic E-state index is -0.351. The predicted octanol–water partition coefficient (Wildman–Crippen LogP) is 0.419. The molecule has 2 saturated heterocycles. The Morgan fingerprint density at radius 3 is 2.69 bits per heavy atom. The van der Waals surface area contributed by atoms with Gasteiger partial charge >= 0.3 is 0 Å². The van der Waals surface area contributed by atoms with Gasteiger partial charge in [-0.15, -0.1) is 0 Å². The van der Waals surface area contributed by atoms with Crippen molar-refractivity contribution in [1.29, 1.82) is 0 Å². The SMILES string of the molecule is CCN1CCC2CCC(C1)N2C(=O)[C@@H](C)N. The molecule has 4 nitrogen and oxygen atoms in total. The Balaban J connectivity index is 2.11. The second-order valence-corrected chi connectivity index (χ2v) is 5.10. The number of hydrogen-bond acceptors (Lipinski definition) is 3. The van der Waals surface area contributed by atoms with Gasteiger partial charge in [0.05, 0.1) is 6.04 Å². The van der Waals surface area contributed by atoms with Gasteiger partial charge in [0.2, 0.25) is 5.91 Å². The average Bonchev–Trinajstić information content (AvgIpc) is 2.53. The van der Waals surface area contributed by atoms with E-state index in [1.54, 1.807) is 6.92 Å². The molecule has 4 heteroatoms. The molecule has 92 valence electrons. The first-order chi connectivity index (χ1) is 7.63. The number of hydrogen-bond donors (Lipinski definition) is 1. The molecule has 2 bridgehead atoms. The predicted molar refractivity (Wildman–Crippen MR) is 64.0 cm³/mol. The van der Waals surface area contributed by atoms with Gasteiger partial charge in [0.1, 0.15) is 0 Å². The third-order valence-corrected chi connectivity index (χ3v) is 3.96. The molecule has 0 radical (unpaired) electrons. The van der Waals surface area contributed by atoms with Crippen molar-refractivity contribution in [2.45, 2.75) is 51.2 Å². The van der Waals surface area contributed by atoms with Crippen LogP contribution in [0.3, 0.4) is 0 Å². The van der Waals surface area contributed by atoms with Gasteiger partial charge in [-0.05, 0) is 32.7 Å². The molecule has 1 amide bonds. The quantitative estimate of drug-likeness (QED) is 0.741. The van der Waals surface area contributed by atoms with Crippen molar-refractivity contribution in [2.24, 2.45) is 5.73 Å². The number of amides is 1. The topological polar surface area (TPSA) is 49.6 Å². The Kier molecular flexibility index (Phi) is 3.50. The lowest BCUT2D eigenvalue weighted by atomic mass is 10.1. The second kappa shape index (κ2) is 4.72. The van der Waals surface area contributed by atoms with Gasteiger partial charge in [-0.25, -0.2) is 0 Å². The van der Waals surface area contributed by atoms with Crippen LogP contribution < -0.4 is 5.73 Å². The maximum absolute atomic E-state index is 12.1. The van der Waals surface area contributed by atoms with Crippen LogP contribution in [0.25, 0.3) is 0 Å². The summed E-state index contributed by atoms with van der Waals surface area (Å²) < 4.78 is 0. The molecular weight excluding hydrogens is 202 g/mol. The van der Waals surface area contributed by atoms with E-state index in [0.717, 1.165) is 32.5 Å². The molecule has 0 aromatic rings. The van der Waals surface area contributed by atoms with E-state index >= 15 is 0 Å². The van der Waals surface area contributed by atoms with Crippen molar-refractivity contribution in [2.75, 3.05) is 19.6 Å². The van der Waals surface area contributed by atoms with Crippen LogP contribution in [-0.4, -0.2) is 53.5 Å². The fourth-order valence-electron chi connectivity index (χ4n) is 3.03. The van der Waals surface area contributed by atoms with Gasteiger partial charge in [0.25, 0.3) is 0 Å². The molecule has 2 N–H and O–H groups in total. The van der Waals surface area contributed by atoms with Gasteiger partial charge in [-0.1, -0.05) is 6.92 Å². The number of carbonyl (C=O) groups is 1. The van der Waals surface area contributed by atoms with Crippen LogP contribution >= 0.6 is 0 Å². The number of fused-ring (bicyclic) bond motifs is 2. The summed E-state index contributed by atoms with van der Waals surface area (Å²) in [7, 11) is 0. The normalized spacial score (nSPS) is 32.6. The first-order valence-electron chi connectivity index (χ1n) is 6.43. The molecule has 2 unspecified atom stereocenters. The molecule has 0 saturated carbocycles. The van der Waals surface area contributed by atoms with Crippen LogP contribution in [0.15, 0.2) is 0 Å². The molecular formula is C12H23N3O. The number of nitrogens with zero attached hydrogens (tertiary/aromatic N) is 2. The zero-order valence-electron chi connectivity index (χ0n) is 10.4. The van der Waals surface area contributed by atoms with E-state index < -0.39 is 0 Å². The van der Waals surface area contributed by atoms with E-state index in [1.807, 2.05) is 0 Å². The van der Waals surface area contributed by atoms with Crippen LogP contribution in [-0.2, 0) is 4.79 Å². The zero-order chi connectivity index (χ0) is 11.7. The van der Waals surface area contributed by atoms with Crippen molar-refractivity contribution in [1.82, 2.24) is 9.80 Å². The summed E-state index contributed by atoms with van der Waals surface area (Å²) in [6.07, 6.45) is 3.43. The van der Waals surface area contributed by atoms with Crippen LogP contribution in [0.4, 0.5) is 0 Å². The fraction of sp³-hybridized carbons (Fsp3) is 0.917. The first kappa shape index (κ1) is 11.9. The van der Waals surface area contributed by atoms with Gasteiger partial charge in [-0.2, -0.15) is 0 Å². The van der Waals surface area contributed by atoms with Gasteiger partial charge in [-0.3, -0.25) is 4.79 Å². The van der Waals surface area contributed by atoms with Crippen molar-refractivity contribution < 1.29 is 4.79 Å². The van der Waals surface area contributed by atoms with E-state index in [4.69, 9.17) is 5.73 Å². The maximum atomic E-state index is 12.1. The number of rotatable bonds is 2. The number of likely N-dealkylation sites (N-methyl/N-ethyl adjacent to an activating group) is 1. The largest absolute Gasteiger partial charge is 0.334 e. The van der Waals surface area contributed by atoms with Crippen molar-refractivity contribution >= 4 is 5.91 Å². The fourth-order valence-corrected chi connectivity index (χ4v) is 3.03. The molecule has 0 aromatic heterocycles. The lowest BCUT2D eigenvalue weighted by Crippen LogP contribution is -2.49. The molecule has 0 spiro atoms. The molecule has 0 aromatic carbocycles. The van der Waals surface area contributed by atoms with Crippen molar-refractivity contribution in [3.05, 3.63) is 0 Å². The summed E-state index contributed by atoms with van der Waals surface area (Å²) in [5.41, 5.74) is 5.73. The number of likely N-dealkylation sites (tertiary alicyclic amines) is 1. The van der Waals surface area contributed by atoms with Gasteiger partial charge in [0.15, 0.2) is 0 Å². The highest BCUT2D eigenvalue weighted by molar-refractivity contribution is 5.82. The van der Waals surface area contributed by atoms with E-state index in [-0.39, 0.29) is 11.9 Å². The standard InChI is InChI=1S/C12H23N3O/c1-3-14-7-6-10-4-5-11(8-14)15(10)12(16)9(2)13/h9-11H,3-8,13H2,1-2H3/t9-,10?,11?/m1/s1. The lowest BCUT2D eigenvalue weighted by Gasteiger charge is -2.30. The van der Waals surface area contributed by atoms with Crippen molar-refractivity contribution in [3.63, 3.8) is 0 Å². The van der Waals surface area contributed by atoms with Crippen LogP contribution in [0.5, 0.6) is 0 Å². The lowest BCUT2D eigenvalue weighted by molar-refractivity contribution is -0.134. The Bertz CT molecular complexity index is 267. The number of carbonyl (C=O) groups excluding carboxylic acids is 1. The first-order valence-corrected chi connectivity index (χ1v) is 6.43. The molecule has 16 heavy (non-hydrogen) atoms. The number of nitrogens with two attached hydrogens (primary N) is 1. The third kappa shape index (κ3) is 2.09. The maximum Gasteiger partial charge on any atom is 0.239 e. The highest BCUT2D eigenvalue weighted by Gasteiger charge is 2.40.